The lowest BCUT2D eigenvalue weighted by atomic mass is 9.90. The van der Waals surface area contributed by atoms with Crippen molar-refractivity contribution in [2.75, 3.05) is 0 Å². The zero-order valence-corrected chi connectivity index (χ0v) is 12.3. The van der Waals surface area contributed by atoms with Crippen molar-refractivity contribution in [3.63, 3.8) is 0 Å². The molecule has 0 aliphatic carbocycles. The van der Waals surface area contributed by atoms with Crippen LogP contribution in [0.2, 0.25) is 0 Å². The van der Waals surface area contributed by atoms with Gasteiger partial charge in [-0.3, -0.25) is 10.1 Å². The van der Waals surface area contributed by atoms with Crippen LogP contribution in [0.3, 0.4) is 0 Å². The zero-order chi connectivity index (χ0) is 16.8. The SMILES string of the molecule is CC(C)(O)C(C)(C)O.O=[N+]([O-])c1ccc(OB(O)O)cc1. The molecule has 0 atom stereocenters. The second-order valence-electron chi connectivity index (χ2n) is 5.31. The Hall–Kier alpha value is -1.68. The summed E-state index contributed by atoms with van der Waals surface area (Å²) in [5.74, 6) is 0.153. The van der Waals surface area contributed by atoms with Gasteiger partial charge in [-0.15, -0.1) is 0 Å². The summed E-state index contributed by atoms with van der Waals surface area (Å²) in [6.07, 6.45) is 0. The highest BCUT2D eigenvalue weighted by molar-refractivity contribution is 6.33. The third kappa shape index (κ3) is 7.61. The quantitative estimate of drug-likeness (QED) is 0.361. The molecule has 8 nitrogen and oxygen atoms in total. The van der Waals surface area contributed by atoms with Crippen LogP contribution in [0.4, 0.5) is 5.69 Å². The molecular weight excluding hydrogens is 281 g/mol. The summed E-state index contributed by atoms with van der Waals surface area (Å²) in [4.78, 5) is 9.64. The maximum Gasteiger partial charge on any atom is 0.707 e. The van der Waals surface area contributed by atoms with E-state index in [0.717, 1.165) is 0 Å². The first-order valence-electron chi connectivity index (χ1n) is 6.06. The number of rotatable bonds is 4. The van der Waals surface area contributed by atoms with Gasteiger partial charge in [0.15, 0.2) is 0 Å². The van der Waals surface area contributed by atoms with Crippen molar-refractivity contribution in [1.29, 1.82) is 0 Å². The fraction of sp³-hybridized carbons (Fsp3) is 0.500. The average Bonchev–Trinajstić information content (AvgIpc) is 2.26. The summed E-state index contributed by atoms with van der Waals surface area (Å²) >= 11 is 0. The molecule has 0 spiro atoms. The molecule has 0 bridgehead atoms. The largest absolute Gasteiger partial charge is 0.707 e. The molecule has 0 radical (unpaired) electrons. The van der Waals surface area contributed by atoms with E-state index in [-0.39, 0.29) is 11.4 Å². The van der Waals surface area contributed by atoms with Gasteiger partial charge in [-0.05, 0) is 39.8 Å². The van der Waals surface area contributed by atoms with E-state index >= 15 is 0 Å². The predicted molar refractivity (Wildman–Crippen MR) is 76.5 cm³/mol. The number of hydrogen-bond donors (Lipinski definition) is 4. The molecule has 0 aromatic heterocycles. The lowest BCUT2D eigenvalue weighted by Crippen LogP contribution is -2.44. The number of non-ortho nitro benzene ring substituents is 1. The molecule has 0 heterocycles. The van der Waals surface area contributed by atoms with Crippen LogP contribution in [0, 0.1) is 10.1 Å². The topological polar surface area (TPSA) is 133 Å². The average molecular weight is 301 g/mol. The van der Waals surface area contributed by atoms with Crippen molar-refractivity contribution in [3.05, 3.63) is 34.4 Å². The molecule has 0 saturated carbocycles. The number of benzene rings is 1. The Balaban J connectivity index is 0.000000433. The van der Waals surface area contributed by atoms with Crippen LogP contribution in [0.5, 0.6) is 5.75 Å². The minimum atomic E-state index is -1.92. The van der Waals surface area contributed by atoms with Gasteiger partial charge in [-0.2, -0.15) is 0 Å². The standard InChI is InChI=1S/C6H6BNO5.C6H14O2/c9-7(10)13-6-3-1-5(2-4-6)8(11)12;1-5(2,7)6(3,4)8/h1-4,9-10H;7-8H,1-4H3. The highest BCUT2D eigenvalue weighted by Crippen LogP contribution is 2.19. The highest BCUT2D eigenvalue weighted by Gasteiger charge is 2.31. The van der Waals surface area contributed by atoms with E-state index in [2.05, 4.69) is 4.65 Å². The molecule has 0 saturated heterocycles. The van der Waals surface area contributed by atoms with Crippen molar-refractivity contribution < 1.29 is 29.8 Å². The molecule has 0 aliphatic heterocycles. The summed E-state index contributed by atoms with van der Waals surface area (Å²) in [5.41, 5.74) is -2.10. The monoisotopic (exact) mass is 301 g/mol. The fourth-order valence-corrected chi connectivity index (χ4v) is 0.768. The number of nitro benzene ring substituents is 1. The second kappa shape index (κ2) is 7.37. The predicted octanol–water partition coefficient (Wildman–Crippen LogP) is 0.471. The number of nitrogens with zero attached hydrogens (tertiary/aromatic N) is 1. The molecule has 1 rings (SSSR count). The normalized spacial score (nSPS) is 11.2. The summed E-state index contributed by atoms with van der Waals surface area (Å²) in [5, 5.41) is 45.2. The van der Waals surface area contributed by atoms with Crippen LogP contribution in [-0.2, 0) is 0 Å². The molecule has 9 heteroatoms. The first-order chi connectivity index (χ1) is 9.34. The summed E-state index contributed by atoms with van der Waals surface area (Å²) in [6, 6.07) is 4.96. The maximum atomic E-state index is 10.2. The lowest BCUT2D eigenvalue weighted by Gasteiger charge is -2.31. The van der Waals surface area contributed by atoms with E-state index in [1.165, 1.54) is 24.3 Å². The van der Waals surface area contributed by atoms with Crippen molar-refractivity contribution in [2.24, 2.45) is 0 Å². The van der Waals surface area contributed by atoms with E-state index in [4.69, 9.17) is 20.3 Å². The van der Waals surface area contributed by atoms with Gasteiger partial charge >= 0.3 is 7.32 Å². The van der Waals surface area contributed by atoms with Gasteiger partial charge < -0.3 is 24.9 Å². The summed E-state index contributed by atoms with van der Waals surface area (Å²) in [7, 11) is -1.92. The van der Waals surface area contributed by atoms with Gasteiger partial charge in [0.2, 0.25) is 0 Å². The molecule has 21 heavy (non-hydrogen) atoms. The molecule has 0 unspecified atom stereocenters. The number of nitro groups is 1. The van der Waals surface area contributed by atoms with Crippen molar-refractivity contribution in [1.82, 2.24) is 0 Å². The number of aliphatic hydroxyl groups is 2. The van der Waals surface area contributed by atoms with E-state index in [1.54, 1.807) is 27.7 Å². The van der Waals surface area contributed by atoms with Crippen LogP contribution >= 0.6 is 0 Å². The Morgan fingerprint density at radius 1 is 1.05 bits per heavy atom. The van der Waals surface area contributed by atoms with Gasteiger partial charge in [-0.1, -0.05) is 0 Å². The molecule has 1 aromatic rings. The van der Waals surface area contributed by atoms with Crippen LogP contribution in [0.1, 0.15) is 27.7 Å². The fourth-order valence-electron chi connectivity index (χ4n) is 0.768. The van der Waals surface area contributed by atoms with E-state index in [0.29, 0.717) is 0 Å². The summed E-state index contributed by atoms with van der Waals surface area (Å²) < 4.78 is 4.44. The van der Waals surface area contributed by atoms with Gasteiger partial charge in [0, 0.05) is 12.1 Å². The zero-order valence-electron chi connectivity index (χ0n) is 12.3. The van der Waals surface area contributed by atoms with Crippen LogP contribution in [0.15, 0.2) is 24.3 Å². The van der Waals surface area contributed by atoms with Crippen molar-refractivity contribution >= 4 is 13.0 Å². The van der Waals surface area contributed by atoms with Crippen molar-refractivity contribution in [3.8, 4) is 5.75 Å². The van der Waals surface area contributed by atoms with E-state index < -0.39 is 23.4 Å². The minimum Gasteiger partial charge on any atom is -0.512 e. The molecule has 118 valence electrons. The molecule has 4 N–H and O–H groups in total. The molecule has 0 fully saturated rings. The third-order valence-electron chi connectivity index (χ3n) is 2.79. The third-order valence-corrected chi connectivity index (χ3v) is 2.79. The Bertz CT molecular complexity index is 436. The van der Waals surface area contributed by atoms with Crippen molar-refractivity contribution in [2.45, 2.75) is 38.9 Å². The lowest BCUT2D eigenvalue weighted by molar-refractivity contribution is -0.384. The Labute approximate surface area is 122 Å². The summed E-state index contributed by atoms with van der Waals surface area (Å²) in [6.45, 7) is 6.31. The van der Waals surface area contributed by atoms with E-state index in [9.17, 15) is 10.1 Å². The van der Waals surface area contributed by atoms with Crippen LogP contribution in [-0.4, -0.2) is 43.7 Å². The molecular formula is C12H20BNO7. The van der Waals surface area contributed by atoms with Gasteiger partial charge in [0.05, 0.1) is 16.1 Å². The molecule has 0 aliphatic rings. The minimum absolute atomic E-state index is 0.0835. The first kappa shape index (κ1) is 19.3. The molecule has 0 amide bonds. The van der Waals surface area contributed by atoms with Crippen LogP contribution < -0.4 is 4.65 Å². The Morgan fingerprint density at radius 2 is 1.43 bits per heavy atom. The highest BCUT2D eigenvalue weighted by atomic mass is 16.6. The van der Waals surface area contributed by atoms with Gasteiger partial charge in [0.25, 0.3) is 5.69 Å². The van der Waals surface area contributed by atoms with E-state index in [1.807, 2.05) is 0 Å². The smallest absolute Gasteiger partial charge is 0.512 e. The number of hydrogen-bond acceptors (Lipinski definition) is 7. The second-order valence-corrected chi connectivity index (χ2v) is 5.31. The Kier molecular flexibility index (Phi) is 6.78. The van der Waals surface area contributed by atoms with Gasteiger partial charge in [0.1, 0.15) is 5.75 Å². The van der Waals surface area contributed by atoms with Crippen LogP contribution in [0.25, 0.3) is 0 Å². The Morgan fingerprint density at radius 3 is 1.67 bits per heavy atom. The maximum absolute atomic E-state index is 10.2. The van der Waals surface area contributed by atoms with Gasteiger partial charge in [-0.25, -0.2) is 0 Å². The first-order valence-corrected chi connectivity index (χ1v) is 6.06. The molecule has 1 aromatic carbocycles.